The molecule has 1 fully saturated rings. The Morgan fingerprint density at radius 2 is 2.00 bits per heavy atom. The Kier molecular flexibility index (Phi) is 4.06. The first-order valence-corrected chi connectivity index (χ1v) is 6.08. The number of halogens is 1. The zero-order valence-corrected chi connectivity index (χ0v) is 10.7. The standard InChI is InChI=1S/C9H5ClN2O.C4H6O2/c10-7-3-6(5-13)4-8-9(7)12-2-1-11-8;5-4(6)3-1-2-3/h1-5H;3H,1-2H2,(H,5,6). The van der Waals surface area contributed by atoms with E-state index in [1.807, 2.05) is 0 Å². The predicted octanol–water partition coefficient (Wildman–Crippen LogP) is 2.58. The lowest BCUT2D eigenvalue weighted by Crippen LogP contribution is -1.94. The van der Waals surface area contributed by atoms with Crippen molar-refractivity contribution in [3.63, 3.8) is 0 Å². The lowest BCUT2D eigenvalue weighted by molar-refractivity contribution is -0.138. The topological polar surface area (TPSA) is 80.1 Å². The molecule has 0 aliphatic heterocycles. The minimum absolute atomic E-state index is 0.0185. The number of carboxylic acid groups (broad SMARTS) is 1. The largest absolute Gasteiger partial charge is 0.481 e. The molecule has 0 radical (unpaired) electrons. The third kappa shape index (κ3) is 3.48. The van der Waals surface area contributed by atoms with Gasteiger partial charge < -0.3 is 5.11 Å². The van der Waals surface area contributed by atoms with Gasteiger partial charge in [0.25, 0.3) is 0 Å². The van der Waals surface area contributed by atoms with E-state index in [1.54, 1.807) is 24.5 Å². The maximum Gasteiger partial charge on any atom is 0.306 e. The highest BCUT2D eigenvalue weighted by Crippen LogP contribution is 2.28. The zero-order valence-electron chi connectivity index (χ0n) is 9.91. The molecule has 0 unspecified atom stereocenters. The van der Waals surface area contributed by atoms with Crippen LogP contribution in [0.3, 0.4) is 0 Å². The molecule has 0 amide bonds. The van der Waals surface area contributed by atoms with E-state index in [1.165, 1.54) is 0 Å². The molecule has 1 aliphatic rings. The third-order valence-electron chi connectivity index (χ3n) is 2.61. The SMILES string of the molecule is O=C(O)C1CC1.O=Cc1cc(Cl)c2nccnc2c1. The summed E-state index contributed by atoms with van der Waals surface area (Å²) in [6.45, 7) is 0. The van der Waals surface area contributed by atoms with Crippen LogP contribution in [0, 0.1) is 5.92 Å². The molecule has 0 saturated heterocycles. The van der Waals surface area contributed by atoms with Crippen LogP contribution in [0.5, 0.6) is 0 Å². The summed E-state index contributed by atoms with van der Waals surface area (Å²) in [7, 11) is 0. The van der Waals surface area contributed by atoms with Crippen LogP contribution in [0.25, 0.3) is 11.0 Å². The van der Waals surface area contributed by atoms with Gasteiger partial charge in [-0.15, -0.1) is 0 Å². The molecule has 6 heteroatoms. The van der Waals surface area contributed by atoms with Gasteiger partial charge >= 0.3 is 5.97 Å². The molecule has 19 heavy (non-hydrogen) atoms. The average molecular weight is 279 g/mol. The molecule has 0 spiro atoms. The van der Waals surface area contributed by atoms with Crippen LogP contribution in [-0.2, 0) is 4.79 Å². The van der Waals surface area contributed by atoms with Gasteiger partial charge in [0.1, 0.15) is 11.8 Å². The minimum atomic E-state index is -0.630. The molecular weight excluding hydrogens is 268 g/mol. The van der Waals surface area contributed by atoms with Gasteiger partial charge in [0.2, 0.25) is 0 Å². The van der Waals surface area contributed by atoms with Crippen LogP contribution >= 0.6 is 11.6 Å². The van der Waals surface area contributed by atoms with Crippen molar-refractivity contribution in [3.05, 3.63) is 35.1 Å². The third-order valence-corrected chi connectivity index (χ3v) is 2.90. The maximum atomic E-state index is 10.5. The van der Waals surface area contributed by atoms with Gasteiger partial charge in [-0.3, -0.25) is 19.6 Å². The highest BCUT2D eigenvalue weighted by Gasteiger charge is 2.28. The van der Waals surface area contributed by atoms with Crippen LogP contribution in [0.2, 0.25) is 5.02 Å². The van der Waals surface area contributed by atoms with Crippen LogP contribution in [0.4, 0.5) is 0 Å². The van der Waals surface area contributed by atoms with Gasteiger partial charge in [-0.25, -0.2) is 0 Å². The number of carbonyl (C=O) groups is 2. The fraction of sp³-hybridized carbons (Fsp3) is 0.231. The Morgan fingerprint density at radius 1 is 1.32 bits per heavy atom. The number of carboxylic acids is 1. The molecule has 0 bridgehead atoms. The first-order valence-electron chi connectivity index (χ1n) is 5.70. The Morgan fingerprint density at radius 3 is 2.53 bits per heavy atom. The van der Waals surface area contributed by atoms with Crippen molar-refractivity contribution >= 4 is 34.9 Å². The number of benzene rings is 1. The summed E-state index contributed by atoms with van der Waals surface area (Å²) < 4.78 is 0. The molecule has 2 aromatic rings. The molecule has 1 saturated carbocycles. The van der Waals surface area contributed by atoms with E-state index < -0.39 is 5.97 Å². The van der Waals surface area contributed by atoms with Crippen LogP contribution in [-0.4, -0.2) is 27.3 Å². The lowest BCUT2D eigenvalue weighted by atomic mass is 10.2. The Bertz CT molecular complexity index is 626. The lowest BCUT2D eigenvalue weighted by Gasteiger charge is -1.98. The van der Waals surface area contributed by atoms with Crippen molar-refractivity contribution < 1.29 is 14.7 Å². The van der Waals surface area contributed by atoms with Gasteiger partial charge in [0.05, 0.1) is 16.5 Å². The second-order valence-electron chi connectivity index (χ2n) is 4.16. The summed E-state index contributed by atoms with van der Waals surface area (Å²) in [6.07, 6.45) is 5.66. The zero-order chi connectivity index (χ0) is 13.8. The number of carbonyl (C=O) groups excluding carboxylic acids is 1. The van der Waals surface area contributed by atoms with Crippen molar-refractivity contribution in [2.45, 2.75) is 12.8 Å². The molecule has 1 aromatic carbocycles. The van der Waals surface area contributed by atoms with Gasteiger partial charge in [-0.1, -0.05) is 11.6 Å². The van der Waals surface area contributed by atoms with E-state index in [9.17, 15) is 9.59 Å². The van der Waals surface area contributed by atoms with E-state index >= 15 is 0 Å². The van der Waals surface area contributed by atoms with Crippen molar-refractivity contribution in [1.82, 2.24) is 9.97 Å². The summed E-state index contributed by atoms with van der Waals surface area (Å²) >= 11 is 5.88. The molecule has 1 aromatic heterocycles. The summed E-state index contributed by atoms with van der Waals surface area (Å²) in [6, 6.07) is 3.23. The molecule has 1 heterocycles. The average Bonchev–Trinajstić information content (AvgIpc) is 3.23. The predicted molar refractivity (Wildman–Crippen MR) is 70.3 cm³/mol. The highest BCUT2D eigenvalue weighted by molar-refractivity contribution is 6.35. The van der Waals surface area contributed by atoms with Crippen LogP contribution < -0.4 is 0 Å². The summed E-state index contributed by atoms with van der Waals surface area (Å²) in [5, 5.41) is 8.50. The minimum Gasteiger partial charge on any atom is -0.481 e. The fourth-order valence-corrected chi connectivity index (χ4v) is 1.72. The first-order chi connectivity index (χ1) is 9.11. The van der Waals surface area contributed by atoms with Gasteiger partial charge in [0, 0.05) is 18.0 Å². The van der Waals surface area contributed by atoms with Crippen molar-refractivity contribution in [2.24, 2.45) is 5.92 Å². The normalized spacial score (nSPS) is 13.5. The molecule has 5 nitrogen and oxygen atoms in total. The Labute approximate surface area is 114 Å². The van der Waals surface area contributed by atoms with E-state index in [4.69, 9.17) is 16.7 Å². The molecule has 98 valence electrons. The smallest absolute Gasteiger partial charge is 0.306 e. The summed E-state index contributed by atoms with van der Waals surface area (Å²) in [5.41, 5.74) is 1.77. The summed E-state index contributed by atoms with van der Waals surface area (Å²) in [5.74, 6) is -0.611. The monoisotopic (exact) mass is 278 g/mol. The number of aromatic nitrogens is 2. The molecular formula is C13H11ClN2O3. The quantitative estimate of drug-likeness (QED) is 0.854. The molecule has 0 atom stereocenters. The molecule has 1 N–H and O–H groups in total. The second kappa shape index (κ2) is 5.75. The maximum absolute atomic E-state index is 10.5. The first kappa shape index (κ1) is 13.4. The van der Waals surface area contributed by atoms with Gasteiger partial charge in [0.15, 0.2) is 0 Å². The van der Waals surface area contributed by atoms with Gasteiger partial charge in [-0.2, -0.15) is 0 Å². The number of fused-ring (bicyclic) bond motifs is 1. The Balaban J connectivity index is 0.000000186. The number of aldehydes is 1. The van der Waals surface area contributed by atoms with Crippen molar-refractivity contribution in [3.8, 4) is 0 Å². The van der Waals surface area contributed by atoms with Crippen LogP contribution in [0.15, 0.2) is 24.5 Å². The Hall–Kier alpha value is -2.01. The van der Waals surface area contributed by atoms with Crippen molar-refractivity contribution in [2.75, 3.05) is 0 Å². The second-order valence-corrected chi connectivity index (χ2v) is 4.56. The van der Waals surface area contributed by atoms with Crippen molar-refractivity contribution in [1.29, 1.82) is 0 Å². The number of aliphatic carboxylic acids is 1. The van der Waals surface area contributed by atoms with E-state index in [-0.39, 0.29) is 5.92 Å². The van der Waals surface area contributed by atoms with Crippen LogP contribution in [0.1, 0.15) is 23.2 Å². The number of nitrogens with zero attached hydrogens (tertiary/aromatic N) is 2. The number of hydrogen-bond acceptors (Lipinski definition) is 4. The summed E-state index contributed by atoms with van der Waals surface area (Å²) in [4.78, 5) is 28.3. The number of rotatable bonds is 2. The molecule has 1 aliphatic carbocycles. The van der Waals surface area contributed by atoms with E-state index in [0.29, 0.717) is 21.6 Å². The molecule has 3 rings (SSSR count). The van der Waals surface area contributed by atoms with E-state index in [0.717, 1.165) is 19.1 Å². The highest BCUT2D eigenvalue weighted by atomic mass is 35.5. The number of hydrogen-bond donors (Lipinski definition) is 1. The van der Waals surface area contributed by atoms with Gasteiger partial charge in [-0.05, 0) is 25.0 Å². The fourth-order valence-electron chi connectivity index (χ4n) is 1.45. The van der Waals surface area contributed by atoms with E-state index in [2.05, 4.69) is 9.97 Å².